The van der Waals surface area contributed by atoms with Gasteiger partial charge < -0.3 is 20.3 Å². The number of ether oxygens (including phenoxy) is 1. The van der Waals surface area contributed by atoms with Gasteiger partial charge in [-0.15, -0.1) is 0 Å². The molecule has 0 aromatic heterocycles. The van der Waals surface area contributed by atoms with Crippen LogP contribution in [-0.2, 0) is 20.7 Å². The number of nitrogens with one attached hydrogen (secondary N) is 2. The minimum absolute atomic E-state index is 0.0746. The zero-order chi connectivity index (χ0) is 26.2. The Kier molecular flexibility index (Phi) is 9.55. The second-order valence-electron chi connectivity index (χ2n) is 8.54. The fourth-order valence-electron chi connectivity index (χ4n) is 4.11. The predicted molar refractivity (Wildman–Crippen MR) is 136 cm³/mol. The van der Waals surface area contributed by atoms with Crippen LogP contribution in [0, 0.1) is 18.6 Å². The van der Waals surface area contributed by atoms with E-state index in [1.54, 1.807) is 7.05 Å². The molecule has 0 radical (unpaired) electrons. The molecule has 3 rings (SSSR count). The van der Waals surface area contributed by atoms with E-state index in [9.17, 15) is 18.4 Å². The number of carbonyl (C=O) groups is 2. The molecule has 2 aromatic carbocycles. The van der Waals surface area contributed by atoms with E-state index in [1.807, 2.05) is 19.1 Å². The summed E-state index contributed by atoms with van der Waals surface area (Å²) >= 11 is 5.93. The third kappa shape index (κ3) is 6.89. The molecule has 0 saturated carbocycles. The van der Waals surface area contributed by atoms with Crippen molar-refractivity contribution in [2.24, 2.45) is 4.99 Å². The number of hydrogen-bond donors (Lipinski definition) is 2. The number of allylic oxidation sites excluding steroid dienone is 1. The number of hydrogen-bond acceptors (Lipinski definition) is 5. The van der Waals surface area contributed by atoms with Gasteiger partial charge in [0.15, 0.2) is 5.84 Å². The molecule has 36 heavy (non-hydrogen) atoms. The second-order valence-corrected chi connectivity index (χ2v) is 8.94. The van der Waals surface area contributed by atoms with Gasteiger partial charge in [0.1, 0.15) is 11.6 Å². The Morgan fingerprint density at radius 2 is 2.11 bits per heavy atom. The molecular weight excluding hydrogens is 490 g/mol. The van der Waals surface area contributed by atoms with Crippen LogP contribution in [0.2, 0.25) is 5.02 Å². The SMILES string of the molecule is COC(CCCN(C)C(=O)C1=NCC=C(Cc2cc(C)cc(F)c2)N1)c1c(NC=O)ccc(Cl)c1F. The van der Waals surface area contributed by atoms with Gasteiger partial charge in [-0.25, -0.2) is 8.78 Å². The number of rotatable bonds is 11. The highest BCUT2D eigenvalue weighted by Gasteiger charge is 2.23. The van der Waals surface area contributed by atoms with Crippen LogP contribution in [-0.4, -0.2) is 50.3 Å². The zero-order valence-electron chi connectivity index (χ0n) is 20.4. The average molecular weight is 519 g/mol. The van der Waals surface area contributed by atoms with Crippen LogP contribution in [0.5, 0.6) is 0 Å². The minimum Gasteiger partial charge on any atom is -0.377 e. The molecule has 0 saturated heterocycles. The van der Waals surface area contributed by atoms with E-state index in [0.29, 0.717) is 38.8 Å². The number of nitrogens with zero attached hydrogens (tertiary/aromatic N) is 2. The van der Waals surface area contributed by atoms with E-state index in [1.165, 1.54) is 36.3 Å². The maximum Gasteiger partial charge on any atom is 0.289 e. The van der Waals surface area contributed by atoms with Gasteiger partial charge in [0.25, 0.3) is 5.91 Å². The molecule has 7 nitrogen and oxygen atoms in total. The Bertz CT molecular complexity index is 1170. The molecule has 1 unspecified atom stereocenters. The van der Waals surface area contributed by atoms with E-state index in [4.69, 9.17) is 16.3 Å². The van der Waals surface area contributed by atoms with Crippen LogP contribution < -0.4 is 10.6 Å². The van der Waals surface area contributed by atoms with Crippen molar-refractivity contribution in [2.45, 2.75) is 32.3 Å². The Labute approximate surface area is 214 Å². The molecule has 1 aliphatic rings. The average Bonchev–Trinajstić information content (AvgIpc) is 2.84. The number of halogens is 3. The van der Waals surface area contributed by atoms with Gasteiger partial charge in [-0.3, -0.25) is 14.6 Å². The number of amides is 2. The predicted octanol–water partition coefficient (Wildman–Crippen LogP) is 4.55. The summed E-state index contributed by atoms with van der Waals surface area (Å²) in [5, 5.41) is 5.46. The second kappa shape index (κ2) is 12.6. The fourth-order valence-corrected chi connectivity index (χ4v) is 4.27. The first kappa shape index (κ1) is 27.3. The van der Waals surface area contributed by atoms with E-state index in [0.717, 1.165) is 16.8 Å². The van der Waals surface area contributed by atoms with Crippen molar-refractivity contribution in [3.05, 3.63) is 75.5 Å². The largest absolute Gasteiger partial charge is 0.377 e. The smallest absolute Gasteiger partial charge is 0.289 e. The van der Waals surface area contributed by atoms with Gasteiger partial charge in [0.2, 0.25) is 6.41 Å². The molecule has 0 spiro atoms. The number of carbonyl (C=O) groups excluding carboxylic acids is 2. The summed E-state index contributed by atoms with van der Waals surface area (Å²) in [4.78, 5) is 29.7. The molecule has 2 N–H and O–H groups in total. The van der Waals surface area contributed by atoms with E-state index in [-0.39, 0.29) is 33.8 Å². The highest BCUT2D eigenvalue weighted by molar-refractivity contribution is 6.38. The number of amidine groups is 1. The van der Waals surface area contributed by atoms with Crippen molar-refractivity contribution in [2.75, 3.05) is 32.6 Å². The molecule has 0 fully saturated rings. The van der Waals surface area contributed by atoms with Gasteiger partial charge in [-0.2, -0.15) is 0 Å². The van der Waals surface area contributed by atoms with E-state index >= 15 is 0 Å². The maximum atomic E-state index is 14.7. The Balaban J connectivity index is 1.58. The van der Waals surface area contributed by atoms with Crippen molar-refractivity contribution in [1.82, 2.24) is 10.2 Å². The number of likely N-dealkylation sites (N-methyl/N-ethyl adjacent to an activating group) is 1. The molecule has 1 heterocycles. The molecule has 2 amide bonds. The molecule has 10 heteroatoms. The van der Waals surface area contributed by atoms with Crippen LogP contribution >= 0.6 is 11.6 Å². The summed E-state index contributed by atoms with van der Waals surface area (Å²) in [6.07, 6.45) is 2.97. The lowest BCUT2D eigenvalue weighted by Crippen LogP contribution is -2.43. The third-order valence-electron chi connectivity index (χ3n) is 5.83. The summed E-state index contributed by atoms with van der Waals surface area (Å²) in [5.74, 6) is -1.03. The lowest BCUT2D eigenvalue weighted by molar-refractivity contribution is -0.123. The molecule has 0 aliphatic carbocycles. The van der Waals surface area contributed by atoms with Crippen LogP contribution in [0.3, 0.4) is 0 Å². The molecular formula is C26H29ClF2N4O3. The van der Waals surface area contributed by atoms with Gasteiger partial charge in [0, 0.05) is 44.1 Å². The van der Waals surface area contributed by atoms with Gasteiger partial charge >= 0.3 is 0 Å². The van der Waals surface area contributed by atoms with Crippen LogP contribution in [0.4, 0.5) is 14.5 Å². The van der Waals surface area contributed by atoms with E-state index < -0.39 is 11.9 Å². The number of aryl methyl sites for hydroxylation is 1. The summed E-state index contributed by atoms with van der Waals surface area (Å²) in [6.45, 7) is 2.53. The summed E-state index contributed by atoms with van der Waals surface area (Å²) in [6, 6.07) is 7.71. The number of aliphatic imine (C=N–C) groups is 1. The fraction of sp³-hybridized carbons (Fsp3) is 0.346. The molecule has 192 valence electrons. The normalized spacial score (nSPS) is 13.8. The van der Waals surface area contributed by atoms with Gasteiger partial charge in [-0.05, 0) is 61.2 Å². The Hall–Kier alpha value is -3.30. The summed E-state index contributed by atoms with van der Waals surface area (Å²) in [5.41, 5.74) is 2.84. The topological polar surface area (TPSA) is 83.0 Å². The highest BCUT2D eigenvalue weighted by atomic mass is 35.5. The summed E-state index contributed by atoms with van der Waals surface area (Å²) < 4.78 is 33.9. The van der Waals surface area contributed by atoms with Crippen molar-refractivity contribution in [3.8, 4) is 0 Å². The van der Waals surface area contributed by atoms with Crippen LogP contribution in [0.25, 0.3) is 0 Å². The molecule has 2 aromatic rings. The van der Waals surface area contributed by atoms with Crippen molar-refractivity contribution >= 4 is 35.4 Å². The Morgan fingerprint density at radius 3 is 2.81 bits per heavy atom. The van der Waals surface area contributed by atoms with Crippen molar-refractivity contribution in [3.63, 3.8) is 0 Å². The minimum atomic E-state index is -0.677. The van der Waals surface area contributed by atoms with Gasteiger partial charge in [-0.1, -0.05) is 17.7 Å². The quantitative estimate of drug-likeness (QED) is 0.428. The standard InChI is InChI=1S/C26H29ClF2N4O3/c1-16-11-17(13-18(28)12-16)14-19-8-9-30-25(32-19)26(35)33(2)10-4-5-22(36-3)23-21(31-15-34)7-6-20(27)24(23)29/h6-8,11-13,15,22H,4-5,9-10,14H2,1-3H3,(H,30,32)(H,31,34). The van der Waals surface area contributed by atoms with Crippen molar-refractivity contribution in [1.29, 1.82) is 0 Å². The Morgan fingerprint density at radius 1 is 1.33 bits per heavy atom. The number of anilines is 1. The maximum absolute atomic E-state index is 14.7. The molecule has 0 bridgehead atoms. The number of methoxy groups -OCH3 is 1. The van der Waals surface area contributed by atoms with Gasteiger partial charge in [0.05, 0.1) is 17.7 Å². The zero-order valence-corrected chi connectivity index (χ0v) is 21.2. The highest BCUT2D eigenvalue weighted by Crippen LogP contribution is 2.34. The van der Waals surface area contributed by atoms with Crippen molar-refractivity contribution < 1.29 is 23.1 Å². The first-order valence-corrected chi connectivity index (χ1v) is 11.8. The first-order valence-electron chi connectivity index (χ1n) is 11.5. The molecule has 1 atom stereocenters. The van der Waals surface area contributed by atoms with E-state index in [2.05, 4.69) is 15.6 Å². The third-order valence-corrected chi connectivity index (χ3v) is 6.12. The lowest BCUT2D eigenvalue weighted by atomic mass is 10.0. The summed E-state index contributed by atoms with van der Waals surface area (Å²) in [7, 11) is 3.10. The lowest BCUT2D eigenvalue weighted by Gasteiger charge is -2.24. The van der Waals surface area contributed by atoms with Crippen LogP contribution in [0.1, 0.15) is 35.6 Å². The number of benzene rings is 2. The first-order chi connectivity index (χ1) is 17.2. The monoisotopic (exact) mass is 518 g/mol. The van der Waals surface area contributed by atoms with Crippen LogP contribution in [0.15, 0.2) is 47.1 Å². The molecule has 1 aliphatic heterocycles.